The molecule has 3 rings (SSSR count). The molecule has 0 aliphatic carbocycles. The number of sulfonamides is 1. The zero-order valence-corrected chi connectivity index (χ0v) is 12.1. The van der Waals surface area contributed by atoms with E-state index in [0.29, 0.717) is 11.1 Å². The summed E-state index contributed by atoms with van der Waals surface area (Å²) in [6.45, 7) is 1.92. The second-order valence-corrected chi connectivity index (χ2v) is 6.45. The summed E-state index contributed by atoms with van der Waals surface area (Å²) in [5, 5.41) is 0. The number of ketones is 1. The van der Waals surface area contributed by atoms with Crippen LogP contribution in [0, 0.1) is 13.0 Å². The van der Waals surface area contributed by atoms with Crippen molar-refractivity contribution in [2.75, 3.05) is 0 Å². The van der Waals surface area contributed by atoms with Crippen LogP contribution in [0.2, 0.25) is 0 Å². The molecule has 4 nitrogen and oxygen atoms in total. The van der Waals surface area contributed by atoms with Gasteiger partial charge in [-0.3, -0.25) is 9.52 Å². The molecule has 1 radical (unpaired) electrons. The molecule has 0 aromatic heterocycles. The predicted octanol–water partition coefficient (Wildman–Crippen LogP) is 2.21. The molecule has 2 aromatic rings. The van der Waals surface area contributed by atoms with Gasteiger partial charge in [0.25, 0.3) is 10.0 Å². The molecule has 0 unspecified atom stereocenters. The molecule has 1 N–H and O–H groups in total. The van der Waals surface area contributed by atoms with E-state index in [1.807, 2.05) is 6.92 Å². The summed E-state index contributed by atoms with van der Waals surface area (Å²) in [4.78, 5) is 12.5. The van der Waals surface area contributed by atoms with E-state index in [-0.39, 0.29) is 10.6 Å². The quantitative estimate of drug-likeness (QED) is 0.865. The molecule has 1 aliphatic heterocycles. The van der Waals surface area contributed by atoms with Gasteiger partial charge in [-0.2, -0.15) is 0 Å². The van der Waals surface area contributed by atoms with E-state index in [2.05, 4.69) is 10.8 Å². The summed E-state index contributed by atoms with van der Waals surface area (Å²) in [7, 11) is -3.72. The maximum Gasteiger partial charge on any atom is 0.262 e. The molecule has 0 atom stereocenters. The van der Waals surface area contributed by atoms with Gasteiger partial charge in [0.2, 0.25) is 5.78 Å². The number of hydrogen-bond acceptors (Lipinski definition) is 3. The maximum absolute atomic E-state index is 12.4. The predicted molar refractivity (Wildman–Crippen MR) is 78.1 cm³/mol. The topological polar surface area (TPSA) is 63.2 Å². The third-order valence-electron chi connectivity index (χ3n) is 3.21. The van der Waals surface area contributed by atoms with E-state index in [0.717, 1.165) is 5.56 Å². The molecule has 5 heteroatoms. The largest absolute Gasteiger partial charge is 0.287 e. The van der Waals surface area contributed by atoms with Crippen LogP contribution >= 0.6 is 0 Å². The van der Waals surface area contributed by atoms with Crippen LogP contribution in [0.25, 0.3) is 0 Å². The highest BCUT2D eigenvalue weighted by Crippen LogP contribution is 2.23. The van der Waals surface area contributed by atoms with Gasteiger partial charge in [0.1, 0.15) is 5.70 Å². The van der Waals surface area contributed by atoms with Crippen molar-refractivity contribution in [3.63, 3.8) is 0 Å². The minimum absolute atomic E-state index is 0.0578. The third kappa shape index (κ3) is 2.48. The first-order valence-corrected chi connectivity index (χ1v) is 7.83. The van der Waals surface area contributed by atoms with Crippen molar-refractivity contribution < 1.29 is 13.2 Å². The van der Waals surface area contributed by atoms with E-state index < -0.39 is 15.8 Å². The fraction of sp³-hybridized carbons (Fsp3) is 0.0625. The Bertz CT molecular complexity index is 849. The molecule has 1 aliphatic rings. The maximum atomic E-state index is 12.4. The smallest absolute Gasteiger partial charge is 0.262 e. The van der Waals surface area contributed by atoms with Crippen LogP contribution in [0.1, 0.15) is 21.5 Å². The molecule has 0 fully saturated rings. The summed E-state index contributed by atoms with van der Waals surface area (Å²) in [5.74, 6) is -0.395. The van der Waals surface area contributed by atoms with Crippen molar-refractivity contribution in [1.82, 2.24) is 4.72 Å². The second kappa shape index (κ2) is 4.86. The van der Waals surface area contributed by atoms with E-state index in [1.54, 1.807) is 42.5 Å². The number of Topliss-reactive ketones (excluding diaryl/α,β-unsaturated/α-hetero) is 1. The van der Waals surface area contributed by atoms with Gasteiger partial charge in [0.15, 0.2) is 0 Å². The molecule has 105 valence electrons. The lowest BCUT2D eigenvalue weighted by atomic mass is 10.0. The van der Waals surface area contributed by atoms with Crippen molar-refractivity contribution >= 4 is 15.8 Å². The number of hydrogen-bond donors (Lipinski definition) is 1. The van der Waals surface area contributed by atoms with Gasteiger partial charge in [-0.25, -0.2) is 8.42 Å². The van der Waals surface area contributed by atoms with Gasteiger partial charge in [-0.15, -0.1) is 0 Å². The van der Waals surface area contributed by atoms with Crippen molar-refractivity contribution in [3.8, 4) is 0 Å². The Morgan fingerprint density at radius 3 is 2.43 bits per heavy atom. The summed E-state index contributed by atoms with van der Waals surface area (Å²) in [5.41, 5.74) is 1.79. The molecule has 0 bridgehead atoms. The molecule has 0 saturated carbocycles. The summed E-state index contributed by atoms with van der Waals surface area (Å²) in [6, 6.07) is 13.4. The Balaban J connectivity index is 2.07. The summed E-state index contributed by atoms with van der Waals surface area (Å²) >= 11 is 0. The SMILES string of the molecule is Cc1ccc(C(=O)C2=[C]c3ccccc3S(=O)(=O)N2)cc1. The monoisotopic (exact) mass is 298 g/mol. The normalized spacial score (nSPS) is 15.6. The Morgan fingerprint density at radius 1 is 1.05 bits per heavy atom. The zero-order valence-electron chi connectivity index (χ0n) is 11.3. The van der Waals surface area contributed by atoms with Crippen molar-refractivity contribution in [2.24, 2.45) is 0 Å². The summed E-state index contributed by atoms with van der Waals surface area (Å²) in [6.07, 6.45) is 2.84. The number of fused-ring (bicyclic) bond motifs is 1. The average molecular weight is 298 g/mol. The number of rotatable bonds is 2. The van der Waals surface area contributed by atoms with Gasteiger partial charge in [0.05, 0.1) is 4.90 Å². The van der Waals surface area contributed by atoms with Crippen LogP contribution in [0.3, 0.4) is 0 Å². The first-order valence-electron chi connectivity index (χ1n) is 6.34. The van der Waals surface area contributed by atoms with Crippen LogP contribution in [0.4, 0.5) is 0 Å². The van der Waals surface area contributed by atoms with Gasteiger partial charge in [-0.1, -0.05) is 48.0 Å². The highest BCUT2D eigenvalue weighted by Gasteiger charge is 2.27. The fourth-order valence-corrected chi connectivity index (χ4v) is 3.29. The van der Waals surface area contributed by atoms with Crippen LogP contribution in [0.5, 0.6) is 0 Å². The first kappa shape index (κ1) is 13.6. The molecule has 0 saturated heterocycles. The van der Waals surface area contributed by atoms with Gasteiger partial charge < -0.3 is 0 Å². The minimum atomic E-state index is -3.72. The van der Waals surface area contributed by atoms with Crippen LogP contribution in [0.15, 0.2) is 59.1 Å². The van der Waals surface area contributed by atoms with Crippen LogP contribution in [-0.2, 0) is 10.0 Å². The highest BCUT2D eigenvalue weighted by atomic mass is 32.2. The fourth-order valence-electron chi connectivity index (χ4n) is 2.11. The van der Waals surface area contributed by atoms with Gasteiger partial charge in [0, 0.05) is 17.2 Å². The number of carbonyl (C=O) groups excluding carboxylic acids is 1. The standard InChI is InChI=1S/C16H12NO3S/c1-11-6-8-12(9-7-11)16(18)14-10-13-4-2-3-5-15(13)21(19,20)17-14/h2-9,17H,1H3. The van der Waals surface area contributed by atoms with E-state index in [1.165, 1.54) is 6.07 Å². The molecular weight excluding hydrogens is 286 g/mol. The third-order valence-corrected chi connectivity index (χ3v) is 4.62. The molecule has 0 amide bonds. The Kier molecular flexibility index (Phi) is 3.14. The van der Waals surface area contributed by atoms with Crippen molar-refractivity contribution in [1.29, 1.82) is 0 Å². The van der Waals surface area contributed by atoms with Crippen molar-refractivity contribution in [3.05, 3.63) is 77.0 Å². The van der Waals surface area contributed by atoms with Crippen molar-refractivity contribution in [2.45, 2.75) is 11.8 Å². The van der Waals surface area contributed by atoms with E-state index in [4.69, 9.17) is 0 Å². The number of benzene rings is 2. The van der Waals surface area contributed by atoms with Crippen LogP contribution in [-0.4, -0.2) is 14.2 Å². The Hall–Kier alpha value is -2.40. The molecule has 21 heavy (non-hydrogen) atoms. The van der Waals surface area contributed by atoms with E-state index in [9.17, 15) is 13.2 Å². The lowest BCUT2D eigenvalue weighted by molar-refractivity contribution is 0.102. The number of nitrogens with one attached hydrogen (secondary N) is 1. The van der Waals surface area contributed by atoms with Gasteiger partial charge in [-0.05, 0) is 13.0 Å². The minimum Gasteiger partial charge on any atom is -0.287 e. The second-order valence-electron chi connectivity index (χ2n) is 4.80. The highest BCUT2D eigenvalue weighted by molar-refractivity contribution is 7.89. The van der Waals surface area contributed by atoms with Gasteiger partial charge >= 0.3 is 0 Å². The first-order chi connectivity index (χ1) is 9.97. The lowest BCUT2D eigenvalue weighted by Gasteiger charge is -2.17. The number of allylic oxidation sites excluding steroid dienone is 1. The molecule has 2 aromatic carbocycles. The van der Waals surface area contributed by atoms with Crippen LogP contribution < -0.4 is 4.72 Å². The Labute approximate surface area is 123 Å². The summed E-state index contributed by atoms with van der Waals surface area (Å²) < 4.78 is 26.6. The molecule has 1 heterocycles. The number of aryl methyl sites for hydroxylation is 1. The lowest BCUT2D eigenvalue weighted by Crippen LogP contribution is -2.31. The Morgan fingerprint density at radius 2 is 1.71 bits per heavy atom. The molecular formula is C16H12NO3S. The zero-order chi connectivity index (χ0) is 15.0. The van der Waals surface area contributed by atoms with E-state index >= 15 is 0 Å². The number of carbonyl (C=O) groups is 1. The molecule has 0 spiro atoms. The average Bonchev–Trinajstić information content (AvgIpc) is 2.46.